The maximum absolute atomic E-state index is 13.3. The highest BCUT2D eigenvalue weighted by Crippen LogP contribution is 2.40. The average molecular weight is 771 g/mol. The molecule has 4 rings (SSSR count). The molecule has 2 heterocycles. The minimum Gasteiger partial charge on any atom is -0.463 e. The number of rotatable bonds is 15. The van der Waals surface area contributed by atoms with Crippen LogP contribution >= 0.6 is 0 Å². The van der Waals surface area contributed by atoms with Crippen LogP contribution in [0.15, 0.2) is 72.8 Å². The molecule has 2 aromatic rings. The molecular formula is C38H42O17. The van der Waals surface area contributed by atoms with Crippen molar-refractivity contribution >= 4 is 48.0 Å². The largest absolute Gasteiger partial charge is 0.463 e. The number of aliphatic hydroxyl groups is 2. The van der Waals surface area contributed by atoms with Crippen molar-refractivity contribution in [2.24, 2.45) is 0 Å². The number of hydrogen-bond acceptors (Lipinski definition) is 17. The third-order valence-electron chi connectivity index (χ3n) is 8.00. The maximum Gasteiger partial charge on any atom is 0.331 e. The lowest BCUT2D eigenvalue weighted by molar-refractivity contribution is -0.384. The van der Waals surface area contributed by atoms with E-state index in [0.29, 0.717) is 11.1 Å². The van der Waals surface area contributed by atoms with Crippen LogP contribution in [0.2, 0.25) is 0 Å². The third kappa shape index (κ3) is 12.3. The maximum atomic E-state index is 13.3. The van der Waals surface area contributed by atoms with Gasteiger partial charge in [0, 0.05) is 39.8 Å². The summed E-state index contributed by atoms with van der Waals surface area (Å²) in [5.41, 5.74) is 1.31. The van der Waals surface area contributed by atoms with Crippen LogP contribution in [0, 0.1) is 0 Å². The first kappa shape index (κ1) is 42.3. The van der Waals surface area contributed by atoms with Gasteiger partial charge in [0.15, 0.2) is 18.3 Å². The van der Waals surface area contributed by atoms with Crippen LogP contribution in [0.25, 0.3) is 12.2 Å². The van der Waals surface area contributed by atoms with Crippen LogP contribution in [0.4, 0.5) is 0 Å². The van der Waals surface area contributed by atoms with Gasteiger partial charge < -0.3 is 52.8 Å². The van der Waals surface area contributed by atoms with Gasteiger partial charge in [-0.3, -0.25) is 19.2 Å². The summed E-state index contributed by atoms with van der Waals surface area (Å²) in [6, 6.07) is 17.5. The molecule has 0 radical (unpaired) electrons. The van der Waals surface area contributed by atoms with Crippen LogP contribution < -0.4 is 0 Å². The Kier molecular flexibility index (Phi) is 15.2. The molecule has 17 nitrogen and oxygen atoms in total. The summed E-state index contributed by atoms with van der Waals surface area (Å²) in [6.45, 7) is 2.01. The highest BCUT2D eigenvalue weighted by atomic mass is 16.8. The Balaban J connectivity index is 1.71. The molecule has 0 unspecified atom stereocenters. The normalized spacial score (nSPS) is 27.6. The van der Waals surface area contributed by atoms with Crippen LogP contribution in [0.1, 0.15) is 38.8 Å². The molecule has 2 N–H and O–H groups in total. The Labute approximate surface area is 315 Å². The second-order valence-electron chi connectivity index (χ2n) is 12.3. The molecule has 2 aliphatic rings. The van der Waals surface area contributed by atoms with E-state index >= 15 is 0 Å². The van der Waals surface area contributed by atoms with Gasteiger partial charge in [-0.25, -0.2) is 9.59 Å². The number of benzene rings is 2. The summed E-state index contributed by atoms with van der Waals surface area (Å²) in [5.74, 6) is -7.86. The first-order chi connectivity index (χ1) is 26.2. The molecule has 0 aliphatic carbocycles. The molecule has 0 spiro atoms. The van der Waals surface area contributed by atoms with Crippen molar-refractivity contribution in [3.8, 4) is 0 Å². The zero-order chi connectivity index (χ0) is 40.1. The molecule has 2 aromatic carbocycles. The first-order valence-corrected chi connectivity index (χ1v) is 17.0. The van der Waals surface area contributed by atoms with E-state index in [0.717, 1.165) is 39.8 Å². The lowest BCUT2D eigenvalue weighted by Crippen LogP contribution is -2.65. The molecule has 17 heteroatoms. The summed E-state index contributed by atoms with van der Waals surface area (Å²) in [6.07, 6.45) is -8.86. The fourth-order valence-corrected chi connectivity index (χ4v) is 5.60. The molecular weight excluding hydrogens is 728 g/mol. The summed E-state index contributed by atoms with van der Waals surface area (Å²) in [4.78, 5) is 74.1. The Bertz CT molecular complexity index is 1710. The molecule has 2 saturated heterocycles. The van der Waals surface area contributed by atoms with Gasteiger partial charge in [0.25, 0.3) is 0 Å². The number of carbonyl (C=O) groups excluding carboxylic acids is 6. The Morgan fingerprint density at radius 1 is 0.636 bits per heavy atom. The zero-order valence-electron chi connectivity index (χ0n) is 30.3. The third-order valence-corrected chi connectivity index (χ3v) is 8.00. The number of ether oxygens (including phenoxy) is 9. The fourth-order valence-electron chi connectivity index (χ4n) is 5.60. The van der Waals surface area contributed by atoms with Crippen molar-refractivity contribution in [1.29, 1.82) is 0 Å². The van der Waals surface area contributed by atoms with E-state index < -0.39 is 110 Å². The minimum absolute atomic E-state index is 0.602. The molecule has 296 valence electrons. The second-order valence-corrected chi connectivity index (χ2v) is 12.3. The van der Waals surface area contributed by atoms with Crippen molar-refractivity contribution < 1.29 is 81.6 Å². The van der Waals surface area contributed by atoms with Crippen LogP contribution in [-0.2, 0) is 71.4 Å². The highest BCUT2D eigenvalue weighted by molar-refractivity contribution is 5.87. The van der Waals surface area contributed by atoms with Gasteiger partial charge in [-0.1, -0.05) is 60.7 Å². The first-order valence-electron chi connectivity index (χ1n) is 17.0. The van der Waals surface area contributed by atoms with Gasteiger partial charge in [0.05, 0.1) is 0 Å². The van der Waals surface area contributed by atoms with Crippen LogP contribution in [-0.4, -0.2) is 121 Å². The predicted octanol–water partition coefficient (Wildman–Crippen LogP) is 1.42. The van der Waals surface area contributed by atoms with E-state index in [4.69, 9.17) is 42.6 Å². The molecule has 0 bridgehead atoms. The summed E-state index contributed by atoms with van der Waals surface area (Å²) >= 11 is 0. The smallest absolute Gasteiger partial charge is 0.331 e. The topological polar surface area (TPSA) is 226 Å². The predicted molar refractivity (Wildman–Crippen MR) is 186 cm³/mol. The van der Waals surface area contributed by atoms with Crippen molar-refractivity contribution in [2.45, 2.75) is 82.5 Å². The van der Waals surface area contributed by atoms with Gasteiger partial charge >= 0.3 is 35.8 Å². The summed E-state index contributed by atoms with van der Waals surface area (Å²) < 4.78 is 50.1. The second kappa shape index (κ2) is 19.7. The SMILES string of the molecule is CC(=O)OC[C@H]1O[C@H](O[C@@]2(COC(C)=O)O[C@@H](COC(=O)C=Cc3ccccc3)[C@H](O)[C@H]2OC(=O)C=Cc2ccccc2)[C@H](OC(C)=O)[C@@H](O)[C@@H]1OC(C)=O. The van der Waals surface area contributed by atoms with Crippen LogP contribution in [0.3, 0.4) is 0 Å². The van der Waals surface area contributed by atoms with E-state index in [-0.39, 0.29) is 0 Å². The standard InChI is InChI=1S/C38H42O17/c1-22(39)47-20-29-34(50-24(3)41)33(46)35(51-25(4)42)37(52-29)55-38(21-49-23(2)40)36(53-31(44)18-16-27-13-9-6-10-14-27)32(45)28(54-38)19-48-30(43)17-15-26-11-7-5-8-12-26/h5-18,28-29,32-37,45-46H,19-21H2,1-4H3/t28-,29+,32-,33-,34+,35+,36+,37+,38+/m0/s1. The summed E-state index contributed by atoms with van der Waals surface area (Å²) in [5, 5.41) is 23.0. The minimum atomic E-state index is -2.53. The lowest BCUT2D eigenvalue weighted by Gasteiger charge is -2.45. The monoisotopic (exact) mass is 770 g/mol. The number of carbonyl (C=O) groups is 6. The molecule has 2 fully saturated rings. The van der Waals surface area contributed by atoms with Gasteiger partial charge in [-0.15, -0.1) is 0 Å². The lowest BCUT2D eigenvalue weighted by atomic mass is 9.98. The average Bonchev–Trinajstić information content (AvgIpc) is 3.39. The molecule has 55 heavy (non-hydrogen) atoms. The number of esters is 6. The highest BCUT2D eigenvalue weighted by Gasteiger charge is 2.63. The Morgan fingerprint density at radius 2 is 1.16 bits per heavy atom. The van der Waals surface area contributed by atoms with Crippen molar-refractivity contribution in [3.05, 3.63) is 83.9 Å². The Hall–Kier alpha value is -5.46. The molecule has 0 saturated carbocycles. The number of hydrogen-bond donors (Lipinski definition) is 2. The number of aliphatic hydroxyl groups excluding tert-OH is 2. The fraction of sp³-hybridized carbons (Fsp3) is 0.421. The van der Waals surface area contributed by atoms with Crippen molar-refractivity contribution in [1.82, 2.24) is 0 Å². The summed E-state index contributed by atoms with van der Waals surface area (Å²) in [7, 11) is 0. The van der Waals surface area contributed by atoms with Crippen molar-refractivity contribution in [2.75, 3.05) is 19.8 Å². The quantitative estimate of drug-likeness (QED) is 0.148. The van der Waals surface area contributed by atoms with E-state index in [1.165, 1.54) is 12.2 Å². The van der Waals surface area contributed by atoms with Crippen LogP contribution in [0.5, 0.6) is 0 Å². The van der Waals surface area contributed by atoms with E-state index in [1.807, 2.05) is 0 Å². The molecule has 9 atom stereocenters. The van der Waals surface area contributed by atoms with Gasteiger partial charge in [0.1, 0.15) is 44.2 Å². The Morgan fingerprint density at radius 3 is 1.71 bits per heavy atom. The van der Waals surface area contributed by atoms with Gasteiger partial charge in [0.2, 0.25) is 12.1 Å². The van der Waals surface area contributed by atoms with Gasteiger partial charge in [-0.05, 0) is 23.3 Å². The molecule has 2 aliphatic heterocycles. The van der Waals surface area contributed by atoms with E-state index in [2.05, 4.69) is 0 Å². The van der Waals surface area contributed by atoms with Crippen molar-refractivity contribution in [3.63, 3.8) is 0 Å². The van der Waals surface area contributed by atoms with Gasteiger partial charge in [-0.2, -0.15) is 0 Å². The molecule has 0 aromatic heterocycles. The molecule has 0 amide bonds. The zero-order valence-corrected chi connectivity index (χ0v) is 30.3. The van der Waals surface area contributed by atoms with E-state index in [9.17, 15) is 39.0 Å². The van der Waals surface area contributed by atoms with E-state index in [1.54, 1.807) is 60.7 Å².